The van der Waals surface area contributed by atoms with Crippen LogP contribution in [0.4, 0.5) is 0 Å². The van der Waals surface area contributed by atoms with Gasteiger partial charge in [0.1, 0.15) is 0 Å². The van der Waals surface area contributed by atoms with Gasteiger partial charge in [-0.2, -0.15) is 0 Å². The molecule has 3 fully saturated rings. The minimum atomic E-state index is -0.0268. The Balaban J connectivity index is 1.28. The zero-order valence-electron chi connectivity index (χ0n) is 21.9. The first kappa shape index (κ1) is 26.1. The molecule has 3 aliphatic rings. The molecule has 5 nitrogen and oxygen atoms in total. The van der Waals surface area contributed by atoms with Crippen molar-refractivity contribution in [1.82, 2.24) is 15.1 Å². The molecule has 196 valence electrons. The van der Waals surface area contributed by atoms with E-state index in [9.17, 15) is 9.59 Å². The molecule has 3 atom stereocenters. The summed E-state index contributed by atoms with van der Waals surface area (Å²) in [6.45, 7) is 6.88. The van der Waals surface area contributed by atoms with Gasteiger partial charge in [0.05, 0.1) is 4.91 Å². The highest BCUT2D eigenvalue weighted by Crippen LogP contribution is 2.44. The summed E-state index contributed by atoms with van der Waals surface area (Å²) in [5.74, 6) is 0.225. The Bertz CT molecular complexity index is 1110. The number of amides is 2. The smallest absolute Gasteiger partial charge is 0.260 e. The lowest BCUT2D eigenvalue weighted by Crippen LogP contribution is -2.53. The Morgan fingerprint density at radius 1 is 1.08 bits per heavy atom. The minimum absolute atomic E-state index is 0.0268. The summed E-state index contributed by atoms with van der Waals surface area (Å²) in [6.07, 6.45) is 8.22. The van der Waals surface area contributed by atoms with Crippen molar-refractivity contribution in [3.05, 3.63) is 76.2 Å². The van der Waals surface area contributed by atoms with Crippen molar-refractivity contribution in [2.24, 2.45) is 5.92 Å². The Kier molecular flexibility index (Phi) is 8.67. The molecule has 5 rings (SSSR count). The van der Waals surface area contributed by atoms with Crippen molar-refractivity contribution in [3.63, 3.8) is 0 Å². The fourth-order valence-corrected chi connectivity index (χ4v) is 7.40. The molecule has 6 heteroatoms. The van der Waals surface area contributed by atoms with Crippen molar-refractivity contribution < 1.29 is 9.59 Å². The van der Waals surface area contributed by atoms with Gasteiger partial charge in [-0.05, 0) is 82.3 Å². The summed E-state index contributed by atoms with van der Waals surface area (Å²) in [7, 11) is 0. The molecule has 2 amide bonds. The van der Waals surface area contributed by atoms with Crippen LogP contribution in [0, 0.1) is 12.8 Å². The van der Waals surface area contributed by atoms with Crippen LogP contribution in [0.15, 0.2) is 59.5 Å². The van der Waals surface area contributed by atoms with E-state index in [0.29, 0.717) is 11.8 Å². The molecule has 2 aromatic carbocycles. The second-order valence-electron chi connectivity index (χ2n) is 10.8. The van der Waals surface area contributed by atoms with E-state index in [1.54, 1.807) is 11.8 Å². The van der Waals surface area contributed by atoms with Gasteiger partial charge in [-0.3, -0.25) is 9.59 Å². The first-order chi connectivity index (χ1) is 18.1. The van der Waals surface area contributed by atoms with Gasteiger partial charge in [0, 0.05) is 30.3 Å². The van der Waals surface area contributed by atoms with Gasteiger partial charge in [0.15, 0.2) is 0 Å². The van der Waals surface area contributed by atoms with Crippen LogP contribution in [0.25, 0.3) is 6.08 Å². The number of hydrogen-bond donors (Lipinski definition) is 1. The lowest BCUT2D eigenvalue weighted by molar-refractivity contribution is -0.133. The van der Waals surface area contributed by atoms with Crippen LogP contribution in [0.2, 0.25) is 0 Å². The summed E-state index contributed by atoms with van der Waals surface area (Å²) >= 11 is 1.72. The number of benzene rings is 2. The van der Waals surface area contributed by atoms with Crippen LogP contribution in [-0.2, 0) is 16.1 Å². The number of nitrogens with zero attached hydrogens (tertiary/aromatic N) is 2. The minimum Gasteiger partial charge on any atom is -0.356 e. The normalized spacial score (nSPS) is 25.3. The average molecular weight is 518 g/mol. The van der Waals surface area contributed by atoms with Crippen LogP contribution < -0.4 is 5.32 Å². The number of fused-ring (bicyclic) bond motifs is 1. The number of thioether (sulfide) groups is 1. The first-order valence-corrected chi connectivity index (χ1v) is 14.7. The van der Waals surface area contributed by atoms with E-state index in [1.807, 2.05) is 36.4 Å². The quantitative estimate of drug-likeness (QED) is 0.384. The van der Waals surface area contributed by atoms with Crippen molar-refractivity contribution in [1.29, 1.82) is 0 Å². The molecular weight excluding hydrogens is 478 g/mol. The number of rotatable bonds is 8. The summed E-state index contributed by atoms with van der Waals surface area (Å²) in [5, 5.41) is 3.53. The fraction of sp³-hybridized carbons (Fsp3) is 0.484. The predicted octanol–water partition coefficient (Wildman–Crippen LogP) is 5.25. The van der Waals surface area contributed by atoms with Gasteiger partial charge < -0.3 is 15.1 Å². The molecule has 1 N–H and O–H groups in total. The van der Waals surface area contributed by atoms with Crippen molar-refractivity contribution >= 4 is 29.7 Å². The molecule has 2 heterocycles. The zero-order valence-corrected chi connectivity index (χ0v) is 22.7. The lowest BCUT2D eigenvalue weighted by atomic mass is 9.83. The van der Waals surface area contributed by atoms with Crippen LogP contribution in [0.1, 0.15) is 55.2 Å². The Morgan fingerprint density at radius 2 is 1.89 bits per heavy atom. The van der Waals surface area contributed by atoms with E-state index in [2.05, 4.69) is 46.3 Å². The second kappa shape index (κ2) is 12.3. The van der Waals surface area contributed by atoms with E-state index in [0.717, 1.165) is 54.8 Å². The molecule has 0 bridgehead atoms. The molecular formula is C31H39N3O2S. The van der Waals surface area contributed by atoms with Gasteiger partial charge in [-0.25, -0.2) is 0 Å². The zero-order chi connectivity index (χ0) is 25.6. The number of likely N-dealkylation sites (tertiary alicyclic amines) is 1. The number of nitrogens with one attached hydrogen (secondary N) is 1. The van der Waals surface area contributed by atoms with Crippen LogP contribution in [0.3, 0.4) is 0 Å². The van der Waals surface area contributed by atoms with Gasteiger partial charge in [-0.1, -0.05) is 60.2 Å². The number of hydrogen-bond acceptors (Lipinski definition) is 4. The van der Waals surface area contributed by atoms with E-state index in [-0.39, 0.29) is 23.8 Å². The summed E-state index contributed by atoms with van der Waals surface area (Å²) < 4.78 is 0. The number of carbonyl (C=O) groups excluding carboxylic acids is 2. The van der Waals surface area contributed by atoms with Crippen LogP contribution in [-0.4, -0.2) is 59.1 Å². The van der Waals surface area contributed by atoms with Crippen LogP contribution >= 0.6 is 11.8 Å². The maximum Gasteiger partial charge on any atom is 0.260 e. The molecule has 1 aliphatic carbocycles. The van der Waals surface area contributed by atoms with Gasteiger partial charge >= 0.3 is 0 Å². The maximum atomic E-state index is 13.8. The van der Waals surface area contributed by atoms with Gasteiger partial charge in [-0.15, -0.1) is 11.8 Å². The van der Waals surface area contributed by atoms with Gasteiger partial charge in [0.2, 0.25) is 5.91 Å². The average Bonchev–Trinajstić information content (AvgIpc) is 3.43. The Morgan fingerprint density at radius 3 is 2.68 bits per heavy atom. The van der Waals surface area contributed by atoms with E-state index in [4.69, 9.17) is 0 Å². The molecule has 2 aromatic rings. The monoisotopic (exact) mass is 517 g/mol. The molecule has 1 saturated carbocycles. The second-order valence-corrected chi connectivity index (χ2v) is 12.0. The number of aryl methyl sites for hydroxylation is 1. The fourth-order valence-electron chi connectivity index (χ4n) is 5.99. The SMILES string of the molecule is Cc1cccc(CN2C(=O)/C(=C/c3ccccc3)SC3CCC(C(=O)NCCCN4CCCC4)CC32)c1. The van der Waals surface area contributed by atoms with Crippen molar-refractivity contribution in [2.45, 2.75) is 63.3 Å². The molecule has 0 radical (unpaired) electrons. The first-order valence-electron chi connectivity index (χ1n) is 13.9. The molecule has 0 spiro atoms. The highest BCUT2D eigenvalue weighted by atomic mass is 32.2. The third kappa shape index (κ3) is 6.66. The van der Waals surface area contributed by atoms with E-state index >= 15 is 0 Å². The Labute approximate surface area is 225 Å². The standard InChI is InChI=1S/C31H39N3O2S/c1-23-9-7-12-25(19-23)22-34-27-21-26(30(35)32-15-8-18-33-16-5-6-17-33)13-14-28(27)37-29(31(34)36)20-24-10-3-2-4-11-24/h2-4,7,9-12,19-20,26-28H,5-6,8,13-18,21-22H2,1H3,(H,32,35)/b29-20-. The Hall–Kier alpha value is -2.57. The highest BCUT2D eigenvalue weighted by Gasteiger charge is 2.44. The van der Waals surface area contributed by atoms with E-state index < -0.39 is 0 Å². The lowest BCUT2D eigenvalue weighted by Gasteiger charge is -2.46. The van der Waals surface area contributed by atoms with Crippen molar-refractivity contribution in [3.8, 4) is 0 Å². The third-order valence-electron chi connectivity index (χ3n) is 7.96. The van der Waals surface area contributed by atoms with E-state index in [1.165, 1.54) is 31.5 Å². The summed E-state index contributed by atoms with van der Waals surface area (Å²) in [6, 6.07) is 18.6. The molecule has 3 unspecified atom stereocenters. The van der Waals surface area contributed by atoms with Gasteiger partial charge in [0.25, 0.3) is 5.91 Å². The summed E-state index contributed by atoms with van der Waals surface area (Å²) in [4.78, 5) is 32.3. The molecule has 2 aliphatic heterocycles. The highest BCUT2D eigenvalue weighted by molar-refractivity contribution is 8.04. The van der Waals surface area contributed by atoms with Crippen LogP contribution in [0.5, 0.6) is 0 Å². The number of carbonyl (C=O) groups is 2. The molecule has 37 heavy (non-hydrogen) atoms. The third-order valence-corrected chi connectivity index (χ3v) is 9.36. The predicted molar refractivity (Wildman–Crippen MR) is 152 cm³/mol. The molecule has 0 aromatic heterocycles. The maximum absolute atomic E-state index is 13.8. The van der Waals surface area contributed by atoms with Crippen molar-refractivity contribution in [2.75, 3.05) is 26.2 Å². The molecule has 2 saturated heterocycles. The largest absolute Gasteiger partial charge is 0.356 e. The summed E-state index contributed by atoms with van der Waals surface area (Å²) in [5.41, 5.74) is 3.39. The topological polar surface area (TPSA) is 52.7 Å².